The summed E-state index contributed by atoms with van der Waals surface area (Å²) in [6.45, 7) is -0.480. The molecule has 0 fully saturated rings. The van der Waals surface area contributed by atoms with E-state index in [-0.39, 0.29) is 4.90 Å². The minimum absolute atomic E-state index is 0.129. The predicted molar refractivity (Wildman–Crippen MR) is 93.2 cm³/mol. The number of likely N-dealkylation sites (N-methyl/N-ethyl adjacent to an activating group) is 1. The molecule has 1 atom stereocenters. The van der Waals surface area contributed by atoms with Crippen LogP contribution >= 0.6 is 11.8 Å². The number of rotatable bonds is 9. The topological polar surface area (TPSA) is 92.8 Å². The van der Waals surface area contributed by atoms with E-state index in [0.717, 1.165) is 28.6 Å². The van der Waals surface area contributed by atoms with Gasteiger partial charge in [-0.25, -0.2) is 17.6 Å². The Labute approximate surface area is 151 Å². The first-order valence-electron chi connectivity index (χ1n) is 7.30. The number of carbonyl (C=O) groups is 2. The van der Waals surface area contributed by atoms with Gasteiger partial charge in [0.1, 0.15) is 11.9 Å². The minimum Gasteiger partial charge on any atom is -0.467 e. The molecule has 1 aromatic carbocycles. The molecule has 0 bridgehead atoms. The molecule has 0 aliphatic carbocycles. The lowest BCUT2D eigenvalue weighted by molar-refractivity contribution is -0.145. The molecule has 0 aliphatic heterocycles. The quantitative estimate of drug-likeness (QED) is 0.627. The average Bonchev–Trinajstić information content (AvgIpc) is 2.58. The number of nitrogens with zero attached hydrogens (tertiary/aromatic N) is 1. The van der Waals surface area contributed by atoms with Crippen LogP contribution in [0, 0.1) is 5.82 Å². The molecule has 1 amide bonds. The summed E-state index contributed by atoms with van der Waals surface area (Å²) in [5.41, 5.74) is 0. The van der Waals surface area contributed by atoms with Gasteiger partial charge in [0.15, 0.2) is 0 Å². The summed E-state index contributed by atoms with van der Waals surface area (Å²) in [5.74, 6) is -1.16. The van der Waals surface area contributed by atoms with Crippen LogP contribution in [0.2, 0.25) is 0 Å². The highest BCUT2D eigenvalue weighted by Gasteiger charge is 2.26. The lowest BCUT2D eigenvalue weighted by Crippen LogP contribution is -2.46. The Hall–Kier alpha value is -1.65. The first kappa shape index (κ1) is 21.4. The van der Waals surface area contributed by atoms with Gasteiger partial charge in [0.05, 0.1) is 18.6 Å². The number of hydrogen-bond acceptors (Lipinski definition) is 6. The van der Waals surface area contributed by atoms with E-state index >= 15 is 0 Å². The highest BCUT2D eigenvalue weighted by atomic mass is 32.2. The summed E-state index contributed by atoms with van der Waals surface area (Å²) in [6, 6.07) is 3.45. The van der Waals surface area contributed by atoms with Crippen molar-refractivity contribution in [2.75, 3.05) is 32.7 Å². The zero-order chi connectivity index (χ0) is 19.0. The monoisotopic (exact) mass is 392 g/mol. The minimum atomic E-state index is -3.94. The van der Waals surface area contributed by atoms with Crippen molar-refractivity contribution >= 4 is 33.7 Å². The summed E-state index contributed by atoms with van der Waals surface area (Å²) >= 11 is 1.51. The van der Waals surface area contributed by atoms with Crippen molar-refractivity contribution in [3.8, 4) is 0 Å². The van der Waals surface area contributed by atoms with Crippen molar-refractivity contribution in [1.82, 2.24) is 9.62 Å². The molecule has 1 rings (SSSR count). The molecule has 0 saturated heterocycles. The van der Waals surface area contributed by atoms with Crippen molar-refractivity contribution in [2.45, 2.75) is 17.4 Å². The van der Waals surface area contributed by atoms with Crippen molar-refractivity contribution in [1.29, 1.82) is 0 Å². The molecule has 0 aromatic heterocycles. The van der Waals surface area contributed by atoms with Gasteiger partial charge in [0.2, 0.25) is 15.9 Å². The summed E-state index contributed by atoms with van der Waals surface area (Å²) < 4.78 is 43.1. The third-order valence-corrected chi connectivity index (χ3v) is 5.78. The number of sulfonamides is 1. The molecule has 10 heteroatoms. The van der Waals surface area contributed by atoms with Crippen LogP contribution in [0.1, 0.15) is 6.42 Å². The molecule has 25 heavy (non-hydrogen) atoms. The Morgan fingerprint density at radius 1 is 1.32 bits per heavy atom. The van der Waals surface area contributed by atoms with Gasteiger partial charge in [0.25, 0.3) is 0 Å². The van der Waals surface area contributed by atoms with Gasteiger partial charge >= 0.3 is 5.97 Å². The summed E-state index contributed by atoms with van der Waals surface area (Å²) in [7, 11) is -1.50. The fourth-order valence-electron chi connectivity index (χ4n) is 1.94. The molecule has 0 heterocycles. The molecular formula is C15H21FN2O5S2. The maximum Gasteiger partial charge on any atom is 0.328 e. The first-order chi connectivity index (χ1) is 11.7. The van der Waals surface area contributed by atoms with Crippen molar-refractivity contribution in [3.63, 3.8) is 0 Å². The van der Waals surface area contributed by atoms with Crippen LogP contribution in [0.4, 0.5) is 4.39 Å². The second-order valence-electron chi connectivity index (χ2n) is 5.14. The normalized spacial score (nSPS) is 12.7. The summed E-state index contributed by atoms with van der Waals surface area (Å²) in [6.07, 6.45) is 2.23. The SMILES string of the molecule is COC(=O)[C@H](CCSC)NC(=O)CN(C)S(=O)(=O)c1ccc(F)cc1. The van der Waals surface area contributed by atoms with Crippen molar-refractivity contribution in [2.24, 2.45) is 0 Å². The van der Waals surface area contributed by atoms with Gasteiger partial charge < -0.3 is 10.1 Å². The number of nitrogens with one attached hydrogen (secondary N) is 1. The second-order valence-corrected chi connectivity index (χ2v) is 8.17. The van der Waals surface area contributed by atoms with Gasteiger partial charge in [0, 0.05) is 7.05 Å². The summed E-state index contributed by atoms with van der Waals surface area (Å²) in [4.78, 5) is 23.6. The van der Waals surface area contributed by atoms with Crippen LogP contribution in [-0.2, 0) is 24.3 Å². The third kappa shape index (κ3) is 6.29. The third-order valence-electron chi connectivity index (χ3n) is 3.32. The van der Waals surface area contributed by atoms with Gasteiger partial charge in [-0.05, 0) is 42.7 Å². The Kier molecular flexibility index (Phi) is 8.33. The molecular weight excluding hydrogens is 371 g/mol. The number of carbonyl (C=O) groups excluding carboxylic acids is 2. The number of benzene rings is 1. The van der Waals surface area contributed by atoms with E-state index in [9.17, 15) is 22.4 Å². The lowest BCUT2D eigenvalue weighted by atomic mass is 10.2. The zero-order valence-electron chi connectivity index (χ0n) is 14.2. The van der Waals surface area contributed by atoms with Crippen LogP contribution in [-0.4, -0.2) is 63.4 Å². The maximum atomic E-state index is 12.9. The van der Waals surface area contributed by atoms with Crippen LogP contribution in [0.3, 0.4) is 0 Å². The number of methoxy groups -OCH3 is 1. The van der Waals surface area contributed by atoms with E-state index in [1.54, 1.807) is 0 Å². The number of thioether (sulfide) groups is 1. The zero-order valence-corrected chi connectivity index (χ0v) is 15.8. The van der Waals surface area contributed by atoms with Gasteiger partial charge in [-0.1, -0.05) is 0 Å². The predicted octanol–water partition coefficient (Wildman–Crippen LogP) is 0.857. The van der Waals surface area contributed by atoms with Crippen LogP contribution in [0.25, 0.3) is 0 Å². The molecule has 1 aromatic rings. The van der Waals surface area contributed by atoms with Gasteiger partial charge in [-0.15, -0.1) is 0 Å². The van der Waals surface area contributed by atoms with Crippen molar-refractivity contribution in [3.05, 3.63) is 30.1 Å². The maximum absolute atomic E-state index is 12.9. The van der Waals surface area contributed by atoms with Gasteiger partial charge in [-0.2, -0.15) is 16.1 Å². The van der Waals surface area contributed by atoms with E-state index in [0.29, 0.717) is 12.2 Å². The Bertz CT molecular complexity index is 694. The fourth-order valence-corrected chi connectivity index (χ4v) is 3.54. The second kappa shape index (κ2) is 9.73. The van der Waals surface area contributed by atoms with Crippen LogP contribution in [0.5, 0.6) is 0 Å². The standard InChI is InChI=1S/C15H21FN2O5S2/c1-18(25(21,22)12-6-4-11(16)5-7-12)10-14(19)17-13(8-9-24-3)15(20)23-2/h4-7,13H,8-10H2,1-3H3,(H,17,19)/t13-/m0/s1. The highest BCUT2D eigenvalue weighted by Crippen LogP contribution is 2.14. The smallest absolute Gasteiger partial charge is 0.328 e. The average molecular weight is 392 g/mol. The first-order valence-corrected chi connectivity index (χ1v) is 10.1. The molecule has 140 valence electrons. The van der Waals surface area contributed by atoms with E-state index in [2.05, 4.69) is 10.1 Å². The highest BCUT2D eigenvalue weighted by molar-refractivity contribution is 7.98. The van der Waals surface area contributed by atoms with E-state index in [4.69, 9.17) is 0 Å². The molecule has 0 radical (unpaired) electrons. The Morgan fingerprint density at radius 2 is 1.92 bits per heavy atom. The number of hydrogen-bond donors (Lipinski definition) is 1. The van der Waals surface area contributed by atoms with E-state index in [1.165, 1.54) is 25.9 Å². The fraction of sp³-hybridized carbons (Fsp3) is 0.467. The van der Waals surface area contributed by atoms with Crippen LogP contribution in [0.15, 0.2) is 29.2 Å². The van der Waals surface area contributed by atoms with E-state index in [1.807, 2.05) is 6.26 Å². The van der Waals surface area contributed by atoms with Crippen molar-refractivity contribution < 1.29 is 27.1 Å². The number of ether oxygens (including phenoxy) is 1. The number of esters is 1. The molecule has 7 nitrogen and oxygen atoms in total. The van der Waals surface area contributed by atoms with Gasteiger partial charge in [-0.3, -0.25) is 4.79 Å². The Balaban J connectivity index is 2.76. The summed E-state index contributed by atoms with van der Waals surface area (Å²) in [5, 5.41) is 2.47. The lowest BCUT2D eigenvalue weighted by Gasteiger charge is -2.20. The largest absolute Gasteiger partial charge is 0.467 e. The Morgan fingerprint density at radius 3 is 2.44 bits per heavy atom. The van der Waals surface area contributed by atoms with Crippen LogP contribution < -0.4 is 5.32 Å². The number of halogens is 1. The van der Waals surface area contributed by atoms with E-state index < -0.39 is 40.3 Å². The molecule has 0 saturated carbocycles. The molecule has 0 unspecified atom stereocenters. The molecule has 0 aliphatic rings. The molecule has 1 N–H and O–H groups in total. The molecule has 0 spiro atoms. The number of amides is 1.